The number of aromatic hydroxyl groups is 1. The summed E-state index contributed by atoms with van der Waals surface area (Å²) in [5.41, 5.74) is 2.67. The molecule has 1 unspecified atom stereocenters. The second-order valence-corrected chi connectivity index (χ2v) is 6.77. The van der Waals surface area contributed by atoms with Gasteiger partial charge in [0.25, 0.3) is 5.91 Å². The molecule has 0 radical (unpaired) electrons. The predicted molar refractivity (Wildman–Crippen MR) is 84.1 cm³/mol. The topological polar surface area (TPSA) is 43.8 Å². The van der Waals surface area contributed by atoms with Gasteiger partial charge in [-0.3, -0.25) is 9.80 Å². The van der Waals surface area contributed by atoms with Crippen LogP contribution in [0.4, 0.5) is 0 Å². The van der Waals surface area contributed by atoms with Gasteiger partial charge in [-0.15, -0.1) is 0 Å². The van der Waals surface area contributed by atoms with E-state index in [0.717, 1.165) is 32.4 Å². The van der Waals surface area contributed by atoms with Crippen molar-refractivity contribution in [2.24, 2.45) is 0 Å². The number of rotatable bonds is 1. The fourth-order valence-corrected chi connectivity index (χ4v) is 4.88. The monoisotopic (exact) mass is 298 g/mol. The molecule has 1 amide bonds. The van der Waals surface area contributed by atoms with Gasteiger partial charge in [0, 0.05) is 24.5 Å². The van der Waals surface area contributed by atoms with Crippen molar-refractivity contribution in [3.8, 4) is 5.75 Å². The van der Waals surface area contributed by atoms with Crippen LogP contribution in [-0.2, 0) is 16.8 Å². The summed E-state index contributed by atoms with van der Waals surface area (Å²) in [4.78, 5) is 12.2. The zero-order chi connectivity index (χ0) is 15.3. The van der Waals surface area contributed by atoms with Gasteiger partial charge in [-0.25, -0.2) is 5.01 Å². The van der Waals surface area contributed by atoms with Crippen molar-refractivity contribution in [2.75, 3.05) is 6.54 Å². The van der Waals surface area contributed by atoms with Gasteiger partial charge in [0.05, 0.1) is 0 Å². The van der Waals surface area contributed by atoms with Crippen molar-refractivity contribution in [1.29, 1.82) is 0 Å². The van der Waals surface area contributed by atoms with E-state index in [1.807, 2.05) is 17.1 Å². The molecule has 0 spiro atoms. The quantitative estimate of drug-likeness (QED) is 0.811. The summed E-state index contributed by atoms with van der Waals surface area (Å²) in [6, 6.07) is 6.12. The minimum Gasteiger partial charge on any atom is -0.508 e. The molecule has 0 aromatic heterocycles. The number of phenolic OH excluding ortho intramolecular Hbond substituents is 1. The van der Waals surface area contributed by atoms with Crippen molar-refractivity contribution in [2.45, 2.75) is 50.1 Å². The Morgan fingerprint density at radius 2 is 2.23 bits per heavy atom. The molecule has 2 fully saturated rings. The standard InChI is InChI=1S/C18H22N2O2/c1-2-17(22)19-10-9-18-8-4-3-5-16(18)20(19)12-13-6-7-14(21)11-15(13)18/h2,6-7,11,16,21H,1,3-5,8-10,12H2/t16-,18+/m1/s1. The molecule has 4 rings (SSSR count). The minimum atomic E-state index is 0.00130. The Labute approximate surface area is 131 Å². The van der Waals surface area contributed by atoms with Crippen LogP contribution in [0.1, 0.15) is 43.2 Å². The maximum atomic E-state index is 12.2. The number of phenols is 1. The lowest BCUT2D eigenvalue weighted by Gasteiger charge is -2.60. The highest BCUT2D eigenvalue weighted by Gasteiger charge is 2.53. The van der Waals surface area contributed by atoms with Gasteiger partial charge in [0.15, 0.2) is 0 Å². The highest BCUT2D eigenvalue weighted by molar-refractivity contribution is 5.86. The molecular weight excluding hydrogens is 276 g/mol. The number of amides is 1. The number of fused-ring (bicyclic) bond motifs is 1. The fraction of sp³-hybridized carbons (Fsp3) is 0.500. The Kier molecular flexibility index (Phi) is 3.05. The van der Waals surface area contributed by atoms with E-state index in [1.165, 1.54) is 30.0 Å². The van der Waals surface area contributed by atoms with Crippen LogP contribution in [-0.4, -0.2) is 33.6 Å². The molecule has 2 aliphatic heterocycles. The molecule has 1 aromatic carbocycles. The molecule has 1 aromatic rings. The van der Waals surface area contributed by atoms with Crippen molar-refractivity contribution in [3.63, 3.8) is 0 Å². The average Bonchev–Trinajstić information content (AvgIpc) is 2.55. The zero-order valence-electron chi connectivity index (χ0n) is 12.8. The Balaban J connectivity index is 1.85. The summed E-state index contributed by atoms with van der Waals surface area (Å²) in [6.45, 7) is 5.15. The van der Waals surface area contributed by atoms with Gasteiger partial charge in [-0.05, 0) is 48.6 Å². The lowest BCUT2D eigenvalue weighted by Crippen LogP contribution is -2.67. The smallest absolute Gasteiger partial charge is 0.260 e. The van der Waals surface area contributed by atoms with Crippen LogP contribution in [0, 0.1) is 0 Å². The number of hydrogen-bond acceptors (Lipinski definition) is 3. The lowest BCUT2D eigenvalue weighted by molar-refractivity contribution is -0.174. The van der Waals surface area contributed by atoms with E-state index in [0.29, 0.717) is 11.8 Å². The largest absolute Gasteiger partial charge is 0.508 e. The average molecular weight is 298 g/mol. The van der Waals surface area contributed by atoms with Crippen LogP contribution in [0.25, 0.3) is 0 Å². The Hall–Kier alpha value is -1.81. The first-order valence-electron chi connectivity index (χ1n) is 8.18. The van der Waals surface area contributed by atoms with Crippen LogP contribution in [0.3, 0.4) is 0 Å². The van der Waals surface area contributed by atoms with Crippen LogP contribution in [0.2, 0.25) is 0 Å². The molecular formula is C18H22N2O2. The summed E-state index contributed by atoms with van der Waals surface area (Å²) < 4.78 is 0. The second kappa shape index (κ2) is 4.85. The molecule has 116 valence electrons. The molecule has 4 heteroatoms. The minimum absolute atomic E-state index is 0.00130. The van der Waals surface area contributed by atoms with Crippen molar-refractivity contribution < 1.29 is 9.90 Å². The van der Waals surface area contributed by atoms with Crippen molar-refractivity contribution in [1.82, 2.24) is 10.0 Å². The van der Waals surface area contributed by atoms with Crippen LogP contribution in [0.15, 0.2) is 30.9 Å². The van der Waals surface area contributed by atoms with E-state index in [2.05, 4.69) is 11.6 Å². The first kappa shape index (κ1) is 13.8. The molecule has 2 bridgehead atoms. The molecule has 1 N–H and O–H groups in total. The van der Waals surface area contributed by atoms with Gasteiger partial charge in [0.1, 0.15) is 5.75 Å². The molecule has 2 heterocycles. The highest BCUT2D eigenvalue weighted by atomic mass is 16.3. The third-order valence-electron chi connectivity index (χ3n) is 5.82. The number of benzene rings is 1. The molecule has 1 aliphatic carbocycles. The van der Waals surface area contributed by atoms with E-state index >= 15 is 0 Å². The Morgan fingerprint density at radius 3 is 3.05 bits per heavy atom. The maximum absolute atomic E-state index is 12.2. The van der Waals surface area contributed by atoms with Crippen LogP contribution in [0.5, 0.6) is 5.75 Å². The summed E-state index contributed by atoms with van der Waals surface area (Å²) in [5, 5.41) is 14.1. The van der Waals surface area contributed by atoms with E-state index < -0.39 is 0 Å². The van der Waals surface area contributed by atoms with E-state index in [1.54, 1.807) is 6.07 Å². The maximum Gasteiger partial charge on any atom is 0.260 e. The number of carbonyl (C=O) groups is 1. The van der Waals surface area contributed by atoms with Gasteiger partial charge in [0.2, 0.25) is 0 Å². The first-order chi connectivity index (χ1) is 10.7. The zero-order valence-corrected chi connectivity index (χ0v) is 12.8. The van der Waals surface area contributed by atoms with E-state index in [9.17, 15) is 9.90 Å². The van der Waals surface area contributed by atoms with E-state index in [4.69, 9.17) is 0 Å². The second-order valence-electron chi connectivity index (χ2n) is 6.77. The SMILES string of the molecule is C=CC(=O)N1CC[C@]23CCCC[C@H]2N1Cc1ccc(O)cc13. The Morgan fingerprint density at radius 1 is 1.36 bits per heavy atom. The summed E-state index contributed by atoms with van der Waals surface area (Å²) >= 11 is 0. The summed E-state index contributed by atoms with van der Waals surface area (Å²) in [5.74, 6) is 0.358. The van der Waals surface area contributed by atoms with E-state index in [-0.39, 0.29) is 11.3 Å². The third-order valence-corrected chi connectivity index (χ3v) is 5.82. The normalized spacial score (nSPS) is 32.8. The number of hydrazine groups is 1. The molecule has 22 heavy (non-hydrogen) atoms. The predicted octanol–water partition coefficient (Wildman–Crippen LogP) is 2.72. The van der Waals surface area contributed by atoms with Gasteiger partial charge >= 0.3 is 0 Å². The third kappa shape index (κ3) is 1.76. The summed E-state index contributed by atoms with van der Waals surface area (Å²) in [7, 11) is 0. The van der Waals surface area contributed by atoms with Crippen molar-refractivity contribution in [3.05, 3.63) is 42.0 Å². The number of nitrogens with zero attached hydrogens (tertiary/aromatic N) is 2. The number of carbonyl (C=O) groups excluding carboxylic acids is 1. The van der Waals surface area contributed by atoms with Gasteiger partial charge in [-0.2, -0.15) is 0 Å². The Bertz CT molecular complexity index is 642. The first-order valence-corrected chi connectivity index (χ1v) is 8.18. The van der Waals surface area contributed by atoms with Crippen LogP contribution >= 0.6 is 0 Å². The summed E-state index contributed by atoms with van der Waals surface area (Å²) in [6.07, 6.45) is 7.12. The molecule has 4 nitrogen and oxygen atoms in total. The lowest BCUT2D eigenvalue weighted by atomic mass is 9.60. The van der Waals surface area contributed by atoms with Gasteiger partial charge in [-0.1, -0.05) is 25.5 Å². The fourth-order valence-electron chi connectivity index (χ4n) is 4.88. The molecule has 3 atom stereocenters. The van der Waals surface area contributed by atoms with Gasteiger partial charge < -0.3 is 5.11 Å². The van der Waals surface area contributed by atoms with Crippen molar-refractivity contribution >= 4 is 5.91 Å². The van der Waals surface area contributed by atoms with Crippen LogP contribution < -0.4 is 0 Å². The highest BCUT2D eigenvalue weighted by Crippen LogP contribution is 2.52. The number of hydrogen-bond donors (Lipinski definition) is 1. The molecule has 3 aliphatic rings. The molecule has 1 saturated heterocycles. The molecule has 1 saturated carbocycles.